The predicted molar refractivity (Wildman–Crippen MR) is 80.6 cm³/mol. The summed E-state index contributed by atoms with van der Waals surface area (Å²) in [5.41, 5.74) is 3.21. The fourth-order valence-electron chi connectivity index (χ4n) is 2.68. The van der Waals surface area contributed by atoms with Crippen LogP contribution in [0.15, 0.2) is 24.3 Å². The molecule has 1 N–H and O–H groups in total. The largest absolute Gasteiger partial charge is 0.383 e. The molecule has 0 radical (unpaired) electrons. The zero-order chi connectivity index (χ0) is 13.7. The van der Waals surface area contributed by atoms with Crippen molar-refractivity contribution in [2.45, 2.75) is 26.8 Å². The van der Waals surface area contributed by atoms with E-state index in [1.807, 2.05) is 0 Å². The fourth-order valence-corrected chi connectivity index (χ4v) is 2.68. The zero-order valence-electron chi connectivity index (χ0n) is 12.4. The molecule has 106 valence electrons. The number of methoxy groups -OCH3 is 1. The predicted octanol–water partition coefficient (Wildman–Crippen LogP) is 2.66. The maximum Gasteiger partial charge on any atom is 0.0587 e. The third kappa shape index (κ3) is 3.95. The van der Waals surface area contributed by atoms with Gasteiger partial charge in [0.15, 0.2) is 0 Å². The summed E-state index contributed by atoms with van der Waals surface area (Å²) in [6, 6.07) is 8.73. The molecule has 1 aliphatic rings. The van der Waals surface area contributed by atoms with Gasteiger partial charge >= 0.3 is 0 Å². The lowest BCUT2D eigenvalue weighted by Gasteiger charge is -2.24. The van der Waals surface area contributed by atoms with E-state index < -0.39 is 0 Å². The summed E-state index contributed by atoms with van der Waals surface area (Å²) in [5.74, 6) is 0. The summed E-state index contributed by atoms with van der Waals surface area (Å²) in [6.45, 7) is 9.61. The molecule has 1 aliphatic heterocycles. The van der Waals surface area contributed by atoms with Gasteiger partial charge in [-0.15, -0.1) is 0 Å². The van der Waals surface area contributed by atoms with Crippen LogP contribution in [0.2, 0.25) is 0 Å². The molecule has 0 aliphatic carbocycles. The van der Waals surface area contributed by atoms with E-state index in [9.17, 15) is 0 Å². The highest BCUT2D eigenvalue weighted by atomic mass is 16.5. The van der Waals surface area contributed by atoms with Crippen molar-refractivity contribution < 1.29 is 4.74 Å². The van der Waals surface area contributed by atoms with Gasteiger partial charge in [-0.05, 0) is 23.5 Å². The fraction of sp³-hybridized carbons (Fsp3) is 0.625. The third-order valence-corrected chi connectivity index (χ3v) is 3.81. The third-order valence-electron chi connectivity index (χ3n) is 3.81. The Morgan fingerprint density at radius 3 is 2.79 bits per heavy atom. The van der Waals surface area contributed by atoms with Crippen LogP contribution in [0.25, 0.3) is 0 Å². The van der Waals surface area contributed by atoms with E-state index in [4.69, 9.17) is 4.74 Å². The lowest BCUT2D eigenvalue weighted by atomic mass is 9.93. The standard InChI is InChI=1S/C16H26N2O/c1-16(2)8-10-18(13-16)15-7-5-4-6-14(15)12-17-9-11-19-3/h4-7,17H,8-13H2,1-3H3. The Kier molecular flexibility index (Phi) is 4.83. The topological polar surface area (TPSA) is 24.5 Å². The molecule has 3 nitrogen and oxygen atoms in total. The molecule has 0 spiro atoms. The van der Waals surface area contributed by atoms with E-state index in [2.05, 4.69) is 48.3 Å². The van der Waals surface area contributed by atoms with E-state index in [0.717, 1.165) is 26.2 Å². The average Bonchev–Trinajstić information content (AvgIpc) is 2.75. The lowest BCUT2D eigenvalue weighted by Crippen LogP contribution is -2.25. The summed E-state index contributed by atoms with van der Waals surface area (Å²) < 4.78 is 5.06. The minimum atomic E-state index is 0.441. The van der Waals surface area contributed by atoms with Crippen molar-refractivity contribution >= 4 is 5.69 Å². The lowest BCUT2D eigenvalue weighted by molar-refractivity contribution is 0.199. The average molecular weight is 262 g/mol. The van der Waals surface area contributed by atoms with Crippen LogP contribution >= 0.6 is 0 Å². The molecule has 0 bridgehead atoms. The van der Waals surface area contributed by atoms with Gasteiger partial charge in [-0.2, -0.15) is 0 Å². The van der Waals surface area contributed by atoms with Gasteiger partial charge in [0.25, 0.3) is 0 Å². The molecule has 1 saturated heterocycles. The van der Waals surface area contributed by atoms with Gasteiger partial charge in [0.05, 0.1) is 6.61 Å². The molecule has 2 rings (SSSR count). The molecule has 1 aromatic carbocycles. The molecule has 1 aromatic rings. The first kappa shape index (κ1) is 14.4. The van der Waals surface area contributed by atoms with Crippen LogP contribution in [0.4, 0.5) is 5.69 Å². The monoisotopic (exact) mass is 262 g/mol. The van der Waals surface area contributed by atoms with Crippen LogP contribution in [-0.2, 0) is 11.3 Å². The van der Waals surface area contributed by atoms with Crippen molar-refractivity contribution in [3.05, 3.63) is 29.8 Å². The molecular formula is C16H26N2O. The first-order valence-corrected chi connectivity index (χ1v) is 7.15. The molecule has 0 atom stereocenters. The minimum Gasteiger partial charge on any atom is -0.383 e. The summed E-state index contributed by atoms with van der Waals surface area (Å²) in [6.07, 6.45) is 1.28. The molecule has 0 aromatic heterocycles. The number of benzene rings is 1. The van der Waals surface area contributed by atoms with Crippen molar-refractivity contribution in [1.82, 2.24) is 5.32 Å². The number of anilines is 1. The number of rotatable bonds is 6. The molecule has 0 amide bonds. The summed E-state index contributed by atoms with van der Waals surface area (Å²) in [5, 5.41) is 3.44. The molecule has 0 saturated carbocycles. The van der Waals surface area contributed by atoms with E-state index >= 15 is 0 Å². The first-order chi connectivity index (χ1) is 9.12. The van der Waals surface area contributed by atoms with E-state index in [-0.39, 0.29) is 0 Å². The Morgan fingerprint density at radius 1 is 1.32 bits per heavy atom. The molecule has 1 heterocycles. The van der Waals surface area contributed by atoms with E-state index in [1.165, 1.54) is 24.2 Å². The van der Waals surface area contributed by atoms with Gasteiger partial charge in [0.2, 0.25) is 0 Å². The zero-order valence-corrected chi connectivity index (χ0v) is 12.4. The van der Waals surface area contributed by atoms with Crippen LogP contribution in [0.3, 0.4) is 0 Å². The molecular weight excluding hydrogens is 236 g/mol. The van der Waals surface area contributed by atoms with Crippen LogP contribution in [0.1, 0.15) is 25.8 Å². The smallest absolute Gasteiger partial charge is 0.0587 e. The second-order valence-electron chi connectivity index (χ2n) is 6.13. The summed E-state index contributed by atoms with van der Waals surface area (Å²) in [7, 11) is 1.74. The molecule has 19 heavy (non-hydrogen) atoms. The second kappa shape index (κ2) is 6.40. The highest BCUT2D eigenvalue weighted by Gasteiger charge is 2.29. The van der Waals surface area contributed by atoms with E-state index in [1.54, 1.807) is 7.11 Å². The van der Waals surface area contributed by atoms with Crippen molar-refractivity contribution in [3.8, 4) is 0 Å². The number of hydrogen-bond donors (Lipinski definition) is 1. The Morgan fingerprint density at radius 2 is 2.11 bits per heavy atom. The molecule has 3 heteroatoms. The number of nitrogens with zero attached hydrogens (tertiary/aromatic N) is 1. The van der Waals surface area contributed by atoms with Gasteiger partial charge in [0.1, 0.15) is 0 Å². The number of hydrogen-bond acceptors (Lipinski definition) is 3. The van der Waals surface area contributed by atoms with Crippen LogP contribution < -0.4 is 10.2 Å². The highest BCUT2D eigenvalue weighted by Crippen LogP contribution is 2.33. The number of ether oxygens (including phenoxy) is 1. The van der Waals surface area contributed by atoms with Gasteiger partial charge in [-0.3, -0.25) is 0 Å². The highest BCUT2D eigenvalue weighted by molar-refractivity contribution is 5.54. The Hall–Kier alpha value is -1.06. The maximum absolute atomic E-state index is 5.06. The van der Waals surface area contributed by atoms with Gasteiger partial charge in [-0.25, -0.2) is 0 Å². The van der Waals surface area contributed by atoms with Gasteiger partial charge in [0, 0.05) is 39.0 Å². The SMILES string of the molecule is COCCNCc1ccccc1N1CCC(C)(C)C1. The maximum atomic E-state index is 5.06. The quantitative estimate of drug-likeness (QED) is 0.798. The van der Waals surface area contributed by atoms with Crippen LogP contribution in [-0.4, -0.2) is 33.4 Å². The van der Waals surface area contributed by atoms with Crippen molar-refractivity contribution in [2.24, 2.45) is 5.41 Å². The molecule has 1 fully saturated rings. The first-order valence-electron chi connectivity index (χ1n) is 7.15. The second-order valence-corrected chi connectivity index (χ2v) is 6.13. The van der Waals surface area contributed by atoms with Gasteiger partial charge in [-0.1, -0.05) is 32.0 Å². The van der Waals surface area contributed by atoms with Crippen LogP contribution in [0, 0.1) is 5.41 Å². The number of para-hydroxylation sites is 1. The number of nitrogens with one attached hydrogen (secondary N) is 1. The van der Waals surface area contributed by atoms with Crippen molar-refractivity contribution in [3.63, 3.8) is 0 Å². The normalized spacial score (nSPS) is 17.9. The Bertz CT molecular complexity index is 403. The van der Waals surface area contributed by atoms with Crippen LogP contribution in [0.5, 0.6) is 0 Å². The van der Waals surface area contributed by atoms with Crippen molar-refractivity contribution in [1.29, 1.82) is 0 Å². The minimum absolute atomic E-state index is 0.441. The molecule has 0 unspecified atom stereocenters. The van der Waals surface area contributed by atoms with Gasteiger partial charge < -0.3 is 15.0 Å². The van der Waals surface area contributed by atoms with Crippen molar-refractivity contribution in [2.75, 3.05) is 38.3 Å². The summed E-state index contributed by atoms with van der Waals surface area (Å²) in [4.78, 5) is 2.52. The Labute approximate surface area is 116 Å². The Balaban J connectivity index is 2.00. The van der Waals surface area contributed by atoms with E-state index in [0.29, 0.717) is 5.41 Å². The summed E-state index contributed by atoms with van der Waals surface area (Å²) >= 11 is 0.